The molecule has 1 saturated carbocycles. The van der Waals surface area contributed by atoms with Crippen molar-refractivity contribution >= 4 is 73.9 Å². The molecule has 1 aliphatic rings. The van der Waals surface area contributed by atoms with E-state index < -0.39 is 28.5 Å². The predicted molar refractivity (Wildman–Crippen MR) is 150 cm³/mol. The maximum Gasteiger partial charge on any atom is 0.244 e. The lowest BCUT2D eigenvalue weighted by Gasteiger charge is -2.33. The molecule has 1 atom stereocenters. The summed E-state index contributed by atoms with van der Waals surface area (Å²) >= 11 is 24.8. The predicted octanol–water partition coefficient (Wildman–Crippen LogP) is 5.93. The van der Waals surface area contributed by atoms with Crippen molar-refractivity contribution in [2.24, 2.45) is 0 Å². The van der Waals surface area contributed by atoms with E-state index in [0.29, 0.717) is 22.0 Å². The summed E-state index contributed by atoms with van der Waals surface area (Å²) in [6, 6.07) is 8.59. The minimum atomic E-state index is -3.95. The molecule has 3 rings (SSSR count). The van der Waals surface area contributed by atoms with E-state index in [1.165, 1.54) is 17.0 Å². The fourth-order valence-corrected chi connectivity index (χ4v) is 6.17. The molecule has 1 fully saturated rings. The van der Waals surface area contributed by atoms with Gasteiger partial charge >= 0.3 is 0 Å². The Morgan fingerprint density at radius 2 is 1.73 bits per heavy atom. The molecule has 2 aromatic rings. The summed E-state index contributed by atoms with van der Waals surface area (Å²) in [6.07, 6.45) is 5.12. The van der Waals surface area contributed by atoms with Crippen molar-refractivity contribution in [3.05, 3.63) is 62.1 Å². The molecule has 0 saturated heterocycles. The molecule has 0 radical (unpaired) electrons. The zero-order valence-corrected chi connectivity index (χ0v) is 24.4. The highest BCUT2D eigenvalue weighted by molar-refractivity contribution is 7.92. The van der Waals surface area contributed by atoms with Crippen LogP contribution < -0.4 is 9.62 Å². The number of anilines is 1. The smallest absolute Gasteiger partial charge is 0.244 e. The number of benzene rings is 2. The number of rotatable bonds is 10. The van der Waals surface area contributed by atoms with E-state index in [-0.39, 0.29) is 34.2 Å². The molecule has 0 aromatic heterocycles. The van der Waals surface area contributed by atoms with Gasteiger partial charge in [-0.1, -0.05) is 78.3 Å². The zero-order chi connectivity index (χ0) is 27.3. The van der Waals surface area contributed by atoms with Crippen LogP contribution in [-0.2, 0) is 26.2 Å². The Balaban J connectivity index is 1.98. The van der Waals surface area contributed by atoms with Crippen molar-refractivity contribution in [2.45, 2.75) is 57.7 Å². The number of carbonyl (C=O) groups excluding carboxylic acids is 2. The number of sulfonamides is 1. The molecule has 0 bridgehead atoms. The summed E-state index contributed by atoms with van der Waals surface area (Å²) in [6.45, 7) is 1.19. The normalized spacial score (nSPS) is 14.9. The molecule has 7 nitrogen and oxygen atoms in total. The van der Waals surface area contributed by atoms with E-state index >= 15 is 0 Å². The maximum absolute atomic E-state index is 13.8. The third kappa shape index (κ3) is 7.67. The molecule has 1 N–H and O–H groups in total. The number of nitrogens with zero attached hydrogens (tertiary/aromatic N) is 2. The van der Waals surface area contributed by atoms with Gasteiger partial charge in [-0.2, -0.15) is 0 Å². The average Bonchev–Trinajstić information content (AvgIpc) is 3.33. The van der Waals surface area contributed by atoms with E-state index in [1.54, 1.807) is 31.2 Å². The fraction of sp³-hybridized carbons (Fsp3) is 0.440. The zero-order valence-electron chi connectivity index (χ0n) is 20.5. The molecule has 0 spiro atoms. The lowest BCUT2D eigenvalue weighted by molar-refractivity contribution is -0.140. The SMILES string of the molecule is CCC(C(=O)NC1CCCC1)N(Cc1ccc(Cl)cc1Cl)C(=O)CN(c1cccc(Cl)c1Cl)S(C)(=O)=O. The first kappa shape index (κ1) is 29.8. The van der Waals surface area contributed by atoms with Crippen LogP contribution in [0.1, 0.15) is 44.6 Å². The summed E-state index contributed by atoms with van der Waals surface area (Å²) in [7, 11) is -3.95. The summed E-state index contributed by atoms with van der Waals surface area (Å²) in [5.41, 5.74) is 0.635. The molecule has 37 heavy (non-hydrogen) atoms. The van der Waals surface area contributed by atoms with Crippen LogP contribution in [0.4, 0.5) is 5.69 Å². The summed E-state index contributed by atoms with van der Waals surface area (Å²) in [5.74, 6) is -0.888. The van der Waals surface area contributed by atoms with Crippen LogP contribution in [0.2, 0.25) is 20.1 Å². The van der Waals surface area contributed by atoms with E-state index in [9.17, 15) is 18.0 Å². The molecule has 1 unspecified atom stereocenters. The molecule has 0 aliphatic heterocycles. The van der Waals surface area contributed by atoms with E-state index in [0.717, 1.165) is 36.2 Å². The monoisotopic (exact) mass is 607 g/mol. The number of hydrogen-bond donors (Lipinski definition) is 1. The Kier molecular flexibility index (Phi) is 10.4. The topological polar surface area (TPSA) is 86.8 Å². The highest BCUT2D eigenvalue weighted by atomic mass is 35.5. The molecule has 0 heterocycles. The number of amides is 2. The third-order valence-corrected chi connectivity index (χ3v) is 8.84. The number of halogens is 4. The van der Waals surface area contributed by atoms with Crippen molar-refractivity contribution in [1.29, 1.82) is 0 Å². The van der Waals surface area contributed by atoms with Crippen LogP contribution in [0.15, 0.2) is 36.4 Å². The Hall–Kier alpha value is -1.71. The van der Waals surface area contributed by atoms with E-state index in [2.05, 4.69) is 5.32 Å². The first-order valence-corrected chi connectivity index (χ1v) is 15.2. The molecular weight excluding hydrogens is 580 g/mol. The second-order valence-electron chi connectivity index (χ2n) is 9.01. The minimum absolute atomic E-state index is 0.000653. The van der Waals surface area contributed by atoms with Gasteiger partial charge < -0.3 is 10.2 Å². The highest BCUT2D eigenvalue weighted by Crippen LogP contribution is 2.34. The first-order valence-electron chi connectivity index (χ1n) is 11.9. The van der Waals surface area contributed by atoms with Crippen LogP contribution in [0.3, 0.4) is 0 Å². The van der Waals surface area contributed by atoms with Crippen molar-refractivity contribution in [1.82, 2.24) is 10.2 Å². The first-order chi connectivity index (χ1) is 17.4. The lowest BCUT2D eigenvalue weighted by atomic mass is 10.1. The standard InChI is InChI=1S/C25H29Cl4N3O4S/c1-3-21(25(34)30-18-7-4-5-8-18)31(14-16-11-12-17(26)13-20(16)28)23(33)15-32(37(2,35)36)22-10-6-9-19(27)24(22)29/h6,9-13,18,21H,3-5,7-8,14-15H2,1-2H3,(H,30,34). The molecule has 12 heteroatoms. The molecule has 1 aliphatic carbocycles. The van der Waals surface area contributed by atoms with Gasteiger partial charge in [0.25, 0.3) is 0 Å². The van der Waals surface area contributed by atoms with Gasteiger partial charge in [0.2, 0.25) is 21.8 Å². The molecule has 2 aromatic carbocycles. The summed E-state index contributed by atoms with van der Waals surface area (Å²) in [5, 5.41) is 3.95. The van der Waals surface area contributed by atoms with Crippen LogP contribution in [0.25, 0.3) is 0 Å². The van der Waals surface area contributed by atoms with Crippen molar-refractivity contribution < 1.29 is 18.0 Å². The van der Waals surface area contributed by atoms with Gasteiger partial charge in [-0.05, 0) is 49.1 Å². The molecular formula is C25H29Cl4N3O4S. The van der Waals surface area contributed by atoms with Crippen LogP contribution in [-0.4, -0.2) is 50.0 Å². The van der Waals surface area contributed by atoms with Crippen LogP contribution >= 0.6 is 46.4 Å². The largest absolute Gasteiger partial charge is 0.352 e. The molecule has 202 valence electrons. The quantitative estimate of drug-likeness (QED) is 0.362. The second kappa shape index (κ2) is 12.9. The lowest BCUT2D eigenvalue weighted by Crippen LogP contribution is -2.53. The van der Waals surface area contributed by atoms with Crippen molar-refractivity contribution in [2.75, 3.05) is 17.1 Å². The van der Waals surface area contributed by atoms with Gasteiger partial charge in [-0.15, -0.1) is 0 Å². The van der Waals surface area contributed by atoms with Gasteiger partial charge in [0.15, 0.2) is 0 Å². The third-order valence-electron chi connectivity index (χ3n) is 6.32. The number of carbonyl (C=O) groups is 2. The van der Waals surface area contributed by atoms with E-state index in [4.69, 9.17) is 46.4 Å². The maximum atomic E-state index is 13.8. The Morgan fingerprint density at radius 1 is 1.05 bits per heavy atom. The number of hydrogen-bond acceptors (Lipinski definition) is 4. The van der Waals surface area contributed by atoms with Gasteiger partial charge in [0.05, 0.1) is 22.0 Å². The Morgan fingerprint density at radius 3 is 2.32 bits per heavy atom. The van der Waals surface area contributed by atoms with Gasteiger partial charge in [-0.3, -0.25) is 13.9 Å². The van der Waals surface area contributed by atoms with Crippen LogP contribution in [0, 0.1) is 0 Å². The Labute approximate surface area is 238 Å². The van der Waals surface area contributed by atoms with Crippen molar-refractivity contribution in [3.63, 3.8) is 0 Å². The Bertz CT molecular complexity index is 1250. The number of nitrogens with one attached hydrogen (secondary N) is 1. The van der Waals surface area contributed by atoms with Crippen molar-refractivity contribution in [3.8, 4) is 0 Å². The fourth-order valence-electron chi connectivity index (χ4n) is 4.40. The van der Waals surface area contributed by atoms with Gasteiger partial charge in [0.1, 0.15) is 12.6 Å². The van der Waals surface area contributed by atoms with E-state index in [1.807, 2.05) is 0 Å². The second-order valence-corrected chi connectivity index (χ2v) is 12.5. The van der Waals surface area contributed by atoms with Gasteiger partial charge in [-0.25, -0.2) is 8.42 Å². The van der Waals surface area contributed by atoms with Crippen LogP contribution in [0.5, 0.6) is 0 Å². The highest BCUT2D eigenvalue weighted by Gasteiger charge is 2.34. The summed E-state index contributed by atoms with van der Waals surface area (Å²) < 4.78 is 26.4. The molecule has 2 amide bonds. The van der Waals surface area contributed by atoms with Gasteiger partial charge in [0, 0.05) is 22.6 Å². The summed E-state index contributed by atoms with van der Waals surface area (Å²) in [4.78, 5) is 28.5. The minimum Gasteiger partial charge on any atom is -0.352 e. The average molecular weight is 609 g/mol.